The summed E-state index contributed by atoms with van der Waals surface area (Å²) in [5.74, 6) is -2.81. The molecule has 2 aromatic carbocycles. The number of ether oxygens (including phenoxy) is 2. The van der Waals surface area contributed by atoms with Crippen LogP contribution in [0.2, 0.25) is 0 Å². The number of carbonyl (C=O) groups is 4. The van der Waals surface area contributed by atoms with Crippen LogP contribution in [-0.4, -0.2) is 88.7 Å². The van der Waals surface area contributed by atoms with Gasteiger partial charge in [0.1, 0.15) is 41.5 Å². The Balaban J connectivity index is 1.18. The number of sulfonamides is 1. The van der Waals surface area contributed by atoms with Crippen molar-refractivity contribution in [2.75, 3.05) is 11.9 Å². The van der Waals surface area contributed by atoms with Crippen LogP contribution in [-0.2, 0) is 29.1 Å². The molecule has 1 aromatic heterocycles. The minimum absolute atomic E-state index is 0.0720. The average molecular weight is 832 g/mol. The van der Waals surface area contributed by atoms with Crippen LogP contribution in [0.4, 0.5) is 20.7 Å². The summed E-state index contributed by atoms with van der Waals surface area (Å²) in [7, 11) is -3.94. The number of anilines is 2. The van der Waals surface area contributed by atoms with E-state index in [1.165, 1.54) is 23.1 Å². The van der Waals surface area contributed by atoms with Gasteiger partial charge in [0.15, 0.2) is 0 Å². The molecule has 7 rings (SSSR count). The molecule has 3 saturated carbocycles. The van der Waals surface area contributed by atoms with Crippen LogP contribution < -0.4 is 25.4 Å². The smallest absolute Gasteiger partial charge is 0.408 e. The Labute approximate surface area is 343 Å². The van der Waals surface area contributed by atoms with Crippen molar-refractivity contribution in [3.8, 4) is 17.3 Å². The van der Waals surface area contributed by atoms with Gasteiger partial charge in [0.2, 0.25) is 21.8 Å². The van der Waals surface area contributed by atoms with E-state index >= 15 is 0 Å². The van der Waals surface area contributed by atoms with Gasteiger partial charge in [-0.1, -0.05) is 57.2 Å². The maximum absolute atomic E-state index is 14.7. The largest absolute Gasteiger partial charge is 0.458 e. The Morgan fingerprint density at radius 1 is 0.983 bits per heavy atom. The quantitative estimate of drug-likeness (QED) is 0.157. The van der Waals surface area contributed by atoms with Crippen molar-refractivity contribution >= 4 is 45.3 Å². The second-order valence-electron chi connectivity index (χ2n) is 16.8. The number of hydrogen-bond acceptors (Lipinski definition) is 11. The Kier molecular flexibility index (Phi) is 11.7. The van der Waals surface area contributed by atoms with Crippen molar-refractivity contribution < 1.29 is 41.5 Å². The molecule has 4 amide bonds. The number of aromatic nitrogens is 2. The molecule has 59 heavy (non-hydrogen) atoms. The molecule has 0 unspecified atom stereocenters. The van der Waals surface area contributed by atoms with Gasteiger partial charge in [-0.05, 0) is 74.6 Å². The lowest BCUT2D eigenvalue weighted by atomic mass is 9.85. The van der Waals surface area contributed by atoms with Crippen molar-refractivity contribution in [3.63, 3.8) is 0 Å². The van der Waals surface area contributed by atoms with Gasteiger partial charge in [-0.15, -0.1) is 6.58 Å². The average Bonchev–Trinajstić information content (AvgIpc) is 4.08. The van der Waals surface area contributed by atoms with E-state index in [1.807, 2.05) is 30.3 Å². The fourth-order valence-electron chi connectivity index (χ4n) is 7.65. The van der Waals surface area contributed by atoms with Gasteiger partial charge in [-0.2, -0.15) is 9.97 Å². The molecule has 4 fully saturated rings. The zero-order valence-corrected chi connectivity index (χ0v) is 34.1. The number of nitrogens with zero attached hydrogens (tertiary/aromatic N) is 3. The zero-order valence-electron chi connectivity index (χ0n) is 33.3. The van der Waals surface area contributed by atoms with Crippen molar-refractivity contribution in [2.45, 2.75) is 107 Å². The highest BCUT2D eigenvalue weighted by Crippen LogP contribution is 2.45. The number of nitrogens with one attached hydrogen (secondary N) is 4. The third-order valence-corrected chi connectivity index (χ3v) is 13.0. The van der Waals surface area contributed by atoms with Crippen LogP contribution in [0.1, 0.15) is 72.1 Å². The lowest BCUT2D eigenvalue weighted by molar-refractivity contribution is -0.143. The summed E-state index contributed by atoms with van der Waals surface area (Å²) in [6.07, 6.45) is 3.86. The summed E-state index contributed by atoms with van der Waals surface area (Å²) in [4.78, 5) is 66.4. The third-order valence-electron chi connectivity index (χ3n) is 11.2. The maximum atomic E-state index is 14.7. The number of rotatable bonds is 14. The van der Waals surface area contributed by atoms with E-state index in [-0.39, 0.29) is 31.5 Å². The standard InChI is InChI=1S/C42H50FN7O8S/c1-5-26-23-42(26,38(53)49-59(55,56)31-19-20-31)48-36(51)33-21-30(24-50(33)37(52)35(41(2,3)4)47-40(54)58-29-13-9-10-14-29)57-39-45-32(25-11-7-6-8-12-25)22-34(46-39)44-28-17-15-27(43)16-18-28/h5-8,11-12,15-18,22,26,29-31,33,35H,1,9-10,13-14,19-21,23-24H2,2-4H3,(H,47,54)(H,48,51)(H,49,53)(H,44,45,46)/t26-,30-,33+,35-,42-/m1/s1. The molecule has 0 bridgehead atoms. The van der Waals surface area contributed by atoms with Gasteiger partial charge in [0.05, 0.1) is 17.5 Å². The molecule has 1 saturated heterocycles. The molecule has 15 nitrogen and oxygen atoms in total. The third kappa shape index (κ3) is 9.67. The number of benzene rings is 2. The second kappa shape index (κ2) is 16.6. The van der Waals surface area contributed by atoms with E-state index in [0.29, 0.717) is 30.0 Å². The number of carbonyl (C=O) groups excluding carboxylic acids is 4. The predicted molar refractivity (Wildman–Crippen MR) is 216 cm³/mol. The van der Waals surface area contributed by atoms with Crippen molar-refractivity contribution in [2.24, 2.45) is 11.3 Å². The van der Waals surface area contributed by atoms with E-state index in [9.17, 15) is 32.0 Å². The molecule has 17 heteroatoms. The summed E-state index contributed by atoms with van der Waals surface area (Å²) >= 11 is 0. The van der Waals surface area contributed by atoms with Gasteiger partial charge in [0, 0.05) is 29.7 Å². The Hall–Kier alpha value is -5.58. The van der Waals surface area contributed by atoms with E-state index in [1.54, 1.807) is 39.0 Å². The second-order valence-corrected chi connectivity index (χ2v) is 18.8. The first-order valence-electron chi connectivity index (χ1n) is 20.0. The minimum atomic E-state index is -3.94. The monoisotopic (exact) mass is 831 g/mol. The molecule has 0 radical (unpaired) electrons. The molecule has 4 N–H and O–H groups in total. The lowest BCUT2D eigenvalue weighted by Gasteiger charge is -2.35. The molecular formula is C42H50FN7O8S. The summed E-state index contributed by atoms with van der Waals surface area (Å²) < 4.78 is 53.4. The first-order chi connectivity index (χ1) is 28.0. The lowest BCUT2D eigenvalue weighted by Crippen LogP contribution is -2.60. The van der Waals surface area contributed by atoms with Crippen LogP contribution >= 0.6 is 0 Å². The molecule has 2 heterocycles. The molecular weight excluding hydrogens is 782 g/mol. The molecule has 0 spiro atoms. The van der Waals surface area contributed by atoms with Crippen LogP contribution in [0, 0.1) is 17.2 Å². The highest BCUT2D eigenvalue weighted by molar-refractivity contribution is 7.91. The summed E-state index contributed by atoms with van der Waals surface area (Å²) in [5, 5.41) is 8.02. The fourth-order valence-corrected chi connectivity index (χ4v) is 9.01. The van der Waals surface area contributed by atoms with Gasteiger partial charge in [-0.25, -0.2) is 17.6 Å². The number of halogens is 1. The van der Waals surface area contributed by atoms with Crippen molar-refractivity contribution in [1.82, 2.24) is 30.2 Å². The zero-order chi connectivity index (χ0) is 42.1. The molecule has 3 aliphatic carbocycles. The highest BCUT2D eigenvalue weighted by Gasteiger charge is 2.62. The number of likely N-dealkylation sites (tertiary alicyclic amines) is 1. The number of hydrogen-bond donors (Lipinski definition) is 4. The van der Waals surface area contributed by atoms with E-state index in [0.717, 1.165) is 31.2 Å². The van der Waals surface area contributed by atoms with Gasteiger partial charge in [0.25, 0.3) is 5.91 Å². The fraction of sp³-hybridized carbons (Fsp3) is 0.476. The SMILES string of the molecule is C=C[C@@H]1C[C@]1(NC(=O)[C@@H]1C[C@@H](Oc2nc(Nc3ccc(F)cc3)cc(-c3ccccc3)n2)CN1C(=O)[C@@H](NC(=O)OC1CCCC1)C(C)(C)C)C(=O)NS(=O)(=O)C1CC1. The van der Waals surface area contributed by atoms with Gasteiger partial charge >= 0.3 is 12.1 Å². The predicted octanol–water partition coefficient (Wildman–Crippen LogP) is 5.13. The van der Waals surface area contributed by atoms with Crippen LogP contribution in [0.5, 0.6) is 6.01 Å². The van der Waals surface area contributed by atoms with Gasteiger partial charge < -0.3 is 30.3 Å². The first kappa shape index (κ1) is 41.6. The number of amides is 4. The molecule has 5 atom stereocenters. The van der Waals surface area contributed by atoms with Crippen molar-refractivity contribution in [3.05, 3.63) is 79.1 Å². The van der Waals surface area contributed by atoms with Crippen LogP contribution in [0.25, 0.3) is 11.3 Å². The Morgan fingerprint density at radius 3 is 2.31 bits per heavy atom. The summed E-state index contributed by atoms with van der Waals surface area (Å²) in [5.41, 5.74) is -0.647. The molecule has 3 aromatic rings. The molecule has 1 aliphatic heterocycles. The van der Waals surface area contributed by atoms with E-state index in [4.69, 9.17) is 9.47 Å². The summed E-state index contributed by atoms with van der Waals surface area (Å²) in [6, 6.07) is 14.3. The minimum Gasteiger partial charge on any atom is -0.458 e. The van der Waals surface area contributed by atoms with E-state index < -0.39 is 80.0 Å². The Morgan fingerprint density at radius 2 is 1.68 bits per heavy atom. The normalized spacial score (nSPS) is 23.5. The highest BCUT2D eigenvalue weighted by atomic mass is 32.2. The van der Waals surface area contributed by atoms with Crippen molar-refractivity contribution in [1.29, 1.82) is 0 Å². The topological polar surface area (TPSA) is 198 Å². The van der Waals surface area contributed by atoms with E-state index in [2.05, 4.69) is 37.2 Å². The maximum Gasteiger partial charge on any atom is 0.408 e. The van der Waals surface area contributed by atoms with Crippen LogP contribution in [0.15, 0.2) is 73.3 Å². The number of alkyl carbamates (subject to hydrolysis) is 1. The molecule has 4 aliphatic rings. The molecule has 314 valence electrons. The van der Waals surface area contributed by atoms with Gasteiger partial charge in [-0.3, -0.25) is 19.1 Å². The Bertz CT molecular complexity index is 2190. The summed E-state index contributed by atoms with van der Waals surface area (Å²) in [6.45, 7) is 8.98. The first-order valence-corrected chi connectivity index (χ1v) is 21.5. The van der Waals surface area contributed by atoms with Crippen LogP contribution in [0.3, 0.4) is 0 Å².